The SMILES string of the molecule is CCN1C(=O)/C(=C/c2cc(Cl)c(OCC(=O)Nc3ccc(C)cc3)c(OC)c2)SC1=S. The number of thioether (sulfide) groups is 1. The number of nitrogens with one attached hydrogen (secondary N) is 1. The molecule has 0 spiro atoms. The summed E-state index contributed by atoms with van der Waals surface area (Å²) in [5, 5.41) is 3.02. The third-order valence-corrected chi connectivity index (χ3v) is 6.08. The minimum absolute atomic E-state index is 0.138. The summed E-state index contributed by atoms with van der Waals surface area (Å²) in [4.78, 5) is 26.7. The Hall–Kier alpha value is -2.55. The van der Waals surface area contributed by atoms with Crippen molar-refractivity contribution in [2.45, 2.75) is 13.8 Å². The van der Waals surface area contributed by atoms with Crippen LogP contribution in [0, 0.1) is 6.92 Å². The zero-order valence-corrected chi connectivity index (χ0v) is 19.6. The van der Waals surface area contributed by atoms with Gasteiger partial charge in [-0.1, -0.05) is 53.3 Å². The number of aryl methyl sites for hydroxylation is 1. The molecule has 1 fully saturated rings. The summed E-state index contributed by atoms with van der Waals surface area (Å²) < 4.78 is 11.5. The van der Waals surface area contributed by atoms with E-state index in [4.69, 9.17) is 33.3 Å². The molecule has 0 atom stereocenters. The smallest absolute Gasteiger partial charge is 0.266 e. The van der Waals surface area contributed by atoms with Gasteiger partial charge in [0.2, 0.25) is 0 Å². The minimum Gasteiger partial charge on any atom is -0.493 e. The van der Waals surface area contributed by atoms with Gasteiger partial charge in [0.15, 0.2) is 18.1 Å². The van der Waals surface area contributed by atoms with E-state index < -0.39 is 0 Å². The van der Waals surface area contributed by atoms with Crippen molar-refractivity contribution in [3.63, 3.8) is 0 Å². The maximum atomic E-state index is 12.4. The summed E-state index contributed by atoms with van der Waals surface area (Å²) in [6.07, 6.45) is 1.71. The largest absolute Gasteiger partial charge is 0.493 e. The summed E-state index contributed by atoms with van der Waals surface area (Å²) in [5.41, 5.74) is 2.44. The van der Waals surface area contributed by atoms with Crippen LogP contribution in [0.5, 0.6) is 11.5 Å². The van der Waals surface area contributed by atoms with Crippen LogP contribution >= 0.6 is 35.6 Å². The van der Waals surface area contributed by atoms with Crippen molar-refractivity contribution in [2.75, 3.05) is 25.6 Å². The fourth-order valence-electron chi connectivity index (χ4n) is 2.86. The highest BCUT2D eigenvalue weighted by Gasteiger charge is 2.30. The number of amides is 2. The molecule has 2 amide bonds. The highest BCUT2D eigenvalue weighted by Crippen LogP contribution is 2.39. The lowest BCUT2D eigenvalue weighted by Crippen LogP contribution is -2.27. The fourth-order valence-corrected chi connectivity index (χ4v) is 4.52. The molecule has 9 heteroatoms. The van der Waals surface area contributed by atoms with E-state index >= 15 is 0 Å². The fraction of sp³-hybridized carbons (Fsp3) is 0.227. The number of methoxy groups -OCH3 is 1. The number of carbonyl (C=O) groups excluding carboxylic acids is 2. The standard InChI is InChI=1S/C22H21ClN2O4S2/c1-4-25-21(27)18(31-22(25)30)11-14-9-16(23)20(17(10-14)28-3)29-12-19(26)24-15-7-5-13(2)6-8-15/h5-11H,4,12H2,1-3H3,(H,24,26)/b18-11-. The molecule has 1 heterocycles. The summed E-state index contributed by atoms with van der Waals surface area (Å²) >= 11 is 12.9. The number of anilines is 1. The van der Waals surface area contributed by atoms with Gasteiger partial charge in [-0.25, -0.2) is 0 Å². The summed E-state index contributed by atoms with van der Waals surface area (Å²) in [5.74, 6) is 0.143. The van der Waals surface area contributed by atoms with Crippen molar-refractivity contribution in [1.29, 1.82) is 0 Å². The summed E-state index contributed by atoms with van der Waals surface area (Å²) in [6.45, 7) is 4.12. The van der Waals surface area contributed by atoms with Crippen LogP contribution in [0.25, 0.3) is 6.08 Å². The number of carbonyl (C=O) groups is 2. The van der Waals surface area contributed by atoms with E-state index in [2.05, 4.69) is 5.32 Å². The number of nitrogens with zero attached hydrogens (tertiary/aromatic N) is 1. The monoisotopic (exact) mass is 476 g/mol. The molecule has 31 heavy (non-hydrogen) atoms. The highest BCUT2D eigenvalue weighted by molar-refractivity contribution is 8.26. The number of hydrogen-bond acceptors (Lipinski definition) is 6. The van der Waals surface area contributed by atoms with Crippen molar-refractivity contribution in [1.82, 2.24) is 4.90 Å². The van der Waals surface area contributed by atoms with Crippen LogP contribution in [0.2, 0.25) is 5.02 Å². The van der Waals surface area contributed by atoms with E-state index in [1.54, 1.807) is 18.2 Å². The molecule has 6 nitrogen and oxygen atoms in total. The molecule has 0 unspecified atom stereocenters. The van der Waals surface area contributed by atoms with Gasteiger partial charge >= 0.3 is 0 Å². The van der Waals surface area contributed by atoms with Crippen molar-refractivity contribution in [3.05, 3.63) is 57.5 Å². The van der Waals surface area contributed by atoms with Crippen LogP contribution in [0.15, 0.2) is 41.3 Å². The van der Waals surface area contributed by atoms with Crippen LogP contribution < -0.4 is 14.8 Å². The van der Waals surface area contributed by atoms with Gasteiger partial charge in [-0.3, -0.25) is 14.5 Å². The minimum atomic E-state index is -0.325. The molecule has 0 aliphatic carbocycles. The second-order valence-corrected chi connectivity index (χ2v) is 8.75. The predicted molar refractivity (Wildman–Crippen MR) is 129 cm³/mol. The van der Waals surface area contributed by atoms with Gasteiger partial charge in [0, 0.05) is 12.2 Å². The third kappa shape index (κ3) is 5.58. The van der Waals surface area contributed by atoms with E-state index in [9.17, 15) is 9.59 Å². The summed E-state index contributed by atoms with van der Waals surface area (Å²) in [7, 11) is 1.48. The normalized spacial score (nSPS) is 14.8. The van der Waals surface area contributed by atoms with Crippen molar-refractivity contribution in [2.24, 2.45) is 0 Å². The van der Waals surface area contributed by atoms with Gasteiger partial charge in [-0.2, -0.15) is 0 Å². The van der Waals surface area contributed by atoms with Gasteiger partial charge in [0.1, 0.15) is 4.32 Å². The van der Waals surface area contributed by atoms with E-state index in [1.165, 1.54) is 23.8 Å². The zero-order valence-electron chi connectivity index (χ0n) is 17.2. The number of ether oxygens (including phenoxy) is 2. The first-order valence-corrected chi connectivity index (χ1v) is 11.0. The molecular weight excluding hydrogens is 456 g/mol. The van der Waals surface area contributed by atoms with Crippen LogP contribution in [0.1, 0.15) is 18.1 Å². The lowest BCUT2D eigenvalue weighted by Gasteiger charge is -2.13. The average molecular weight is 477 g/mol. The Labute approximate surface area is 195 Å². The molecular formula is C22H21ClN2O4S2. The Bertz CT molecular complexity index is 1050. The number of likely N-dealkylation sites (N-methyl/N-ethyl adjacent to an activating group) is 1. The molecule has 1 N–H and O–H groups in total. The first kappa shape index (κ1) is 23.1. The Morgan fingerprint density at radius 1 is 1.29 bits per heavy atom. The quantitative estimate of drug-likeness (QED) is 0.453. The number of thiocarbonyl (C=S) groups is 1. The van der Waals surface area contributed by atoms with E-state index in [1.807, 2.05) is 38.1 Å². The highest BCUT2D eigenvalue weighted by atomic mass is 35.5. The molecule has 1 aliphatic rings. The van der Waals surface area contributed by atoms with Crippen LogP contribution in [-0.2, 0) is 9.59 Å². The van der Waals surface area contributed by atoms with Gasteiger partial charge in [-0.05, 0) is 49.8 Å². The van der Waals surface area contributed by atoms with Crippen LogP contribution in [0.3, 0.4) is 0 Å². The third-order valence-electron chi connectivity index (χ3n) is 4.42. The Kier molecular flexibility index (Phi) is 7.59. The zero-order chi connectivity index (χ0) is 22.5. The number of halogens is 1. The predicted octanol–water partition coefficient (Wildman–Crippen LogP) is 4.90. The average Bonchev–Trinajstić information content (AvgIpc) is 3.00. The first-order chi connectivity index (χ1) is 14.8. The molecule has 1 saturated heterocycles. The topological polar surface area (TPSA) is 67.9 Å². The lowest BCUT2D eigenvalue weighted by atomic mass is 10.1. The molecule has 0 radical (unpaired) electrons. The number of rotatable bonds is 7. The Morgan fingerprint density at radius 3 is 2.61 bits per heavy atom. The van der Waals surface area contributed by atoms with Crippen molar-refractivity contribution in [3.8, 4) is 11.5 Å². The van der Waals surface area contributed by atoms with E-state index in [-0.39, 0.29) is 29.2 Å². The van der Waals surface area contributed by atoms with Gasteiger partial charge < -0.3 is 14.8 Å². The molecule has 2 aromatic carbocycles. The second kappa shape index (κ2) is 10.2. The Balaban J connectivity index is 1.73. The van der Waals surface area contributed by atoms with E-state index in [0.717, 1.165) is 5.56 Å². The molecule has 162 valence electrons. The molecule has 2 aromatic rings. The molecule has 1 aliphatic heterocycles. The summed E-state index contributed by atoms with van der Waals surface area (Å²) in [6, 6.07) is 10.8. The first-order valence-electron chi connectivity index (χ1n) is 9.44. The van der Waals surface area contributed by atoms with Crippen molar-refractivity contribution < 1.29 is 19.1 Å². The van der Waals surface area contributed by atoms with Crippen LogP contribution in [0.4, 0.5) is 5.69 Å². The molecule has 0 bridgehead atoms. The van der Waals surface area contributed by atoms with Gasteiger partial charge in [-0.15, -0.1) is 0 Å². The van der Waals surface area contributed by atoms with Gasteiger partial charge in [0.05, 0.1) is 17.0 Å². The Morgan fingerprint density at radius 2 is 2.00 bits per heavy atom. The van der Waals surface area contributed by atoms with Crippen molar-refractivity contribution >= 4 is 63.5 Å². The lowest BCUT2D eigenvalue weighted by molar-refractivity contribution is -0.122. The maximum Gasteiger partial charge on any atom is 0.266 e. The number of hydrogen-bond donors (Lipinski definition) is 1. The molecule has 3 rings (SSSR count). The second-order valence-electron chi connectivity index (χ2n) is 6.66. The van der Waals surface area contributed by atoms with Gasteiger partial charge in [0.25, 0.3) is 11.8 Å². The van der Waals surface area contributed by atoms with Crippen LogP contribution in [-0.4, -0.2) is 41.3 Å². The molecule has 0 saturated carbocycles. The number of benzene rings is 2. The maximum absolute atomic E-state index is 12.4. The van der Waals surface area contributed by atoms with E-state index in [0.29, 0.717) is 32.8 Å². The molecule has 0 aromatic heterocycles.